The van der Waals surface area contributed by atoms with Crippen LogP contribution in [-0.4, -0.2) is 28.7 Å². The van der Waals surface area contributed by atoms with Gasteiger partial charge < -0.3 is 19.4 Å². The number of para-hydroxylation sites is 1. The third-order valence-corrected chi connectivity index (χ3v) is 4.78. The minimum absolute atomic E-state index is 0.174. The van der Waals surface area contributed by atoms with E-state index in [1.807, 2.05) is 42.5 Å². The normalized spacial score (nSPS) is 12.6. The summed E-state index contributed by atoms with van der Waals surface area (Å²) in [5.41, 5.74) is 2.26. The summed E-state index contributed by atoms with van der Waals surface area (Å²) in [5, 5.41) is 21.0. The standard InChI is InChI=1S/C22H24N4O4/c1-2-6-16-7-3-4-8-19(16)29-14-5-13-28-18-11-9-17-10-12-20(30-21(17)15-18)22-23-24-25-26(22)27/h3-4,7-9,11-12,15H,2,5-6,10,13-14H2,1H3,(H,23,25). The van der Waals surface area contributed by atoms with E-state index in [-0.39, 0.29) is 5.82 Å². The predicted molar refractivity (Wildman–Crippen MR) is 110 cm³/mol. The van der Waals surface area contributed by atoms with Crippen LogP contribution in [-0.2, 0) is 12.8 Å². The molecule has 3 aromatic rings. The Morgan fingerprint density at radius 2 is 2.03 bits per heavy atom. The second kappa shape index (κ2) is 9.30. The Morgan fingerprint density at radius 1 is 1.17 bits per heavy atom. The Labute approximate surface area is 174 Å². The van der Waals surface area contributed by atoms with Crippen molar-refractivity contribution < 1.29 is 19.1 Å². The monoisotopic (exact) mass is 408 g/mol. The Bertz CT molecular complexity index is 1030. The molecule has 1 aliphatic rings. The third-order valence-electron chi connectivity index (χ3n) is 4.78. The molecular weight excluding hydrogens is 384 g/mol. The van der Waals surface area contributed by atoms with Gasteiger partial charge in [0.05, 0.1) is 13.2 Å². The van der Waals surface area contributed by atoms with Gasteiger partial charge in [-0.2, -0.15) is 0 Å². The summed E-state index contributed by atoms with van der Waals surface area (Å²) in [6.07, 6.45) is 5.33. The van der Waals surface area contributed by atoms with Crippen molar-refractivity contribution in [2.24, 2.45) is 0 Å². The Balaban J connectivity index is 1.28. The maximum absolute atomic E-state index is 11.6. The van der Waals surface area contributed by atoms with Gasteiger partial charge in [0.15, 0.2) is 5.21 Å². The molecule has 0 saturated heterocycles. The summed E-state index contributed by atoms with van der Waals surface area (Å²) in [5.74, 6) is 2.89. The second-order valence-corrected chi connectivity index (χ2v) is 6.98. The van der Waals surface area contributed by atoms with Gasteiger partial charge in [-0.15, -0.1) is 4.85 Å². The Morgan fingerprint density at radius 3 is 2.87 bits per heavy atom. The molecule has 2 aromatic carbocycles. The first kappa shape index (κ1) is 19.8. The largest absolute Gasteiger partial charge is 0.721 e. The highest BCUT2D eigenvalue weighted by Gasteiger charge is 2.21. The predicted octanol–water partition coefficient (Wildman–Crippen LogP) is 3.21. The molecule has 1 aliphatic heterocycles. The van der Waals surface area contributed by atoms with E-state index in [4.69, 9.17) is 14.2 Å². The second-order valence-electron chi connectivity index (χ2n) is 6.98. The number of H-pyrrole nitrogens is 1. The fourth-order valence-electron chi connectivity index (χ4n) is 3.29. The lowest BCUT2D eigenvalue weighted by Gasteiger charge is -2.17. The molecule has 4 rings (SSSR count). The van der Waals surface area contributed by atoms with Gasteiger partial charge in [-0.3, -0.25) is 0 Å². The quantitative estimate of drug-likeness (QED) is 0.332. The summed E-state index contributed by atoms with van der Waals surface area (Å²) < 4.78 is 17.6. The number of ether oxygens (including phenoxy) is 3. The van der Waals surface area contributed by atoms with E-state index < -0.39 is 0 Å². The van der Waals surface area contributed by atoms with Crippen LogP contribution in [0.15, 0.2) is 48.5 Å². The molecule has 0 bridgehead atoms. The molecule has 0 aliphatic carbocycles. The highest BCUT2D eigenvalue weighted by atomic mass is 16.5. The van der Waals surface area contributed by atoms with Crippen molar-refractivity contribution in [1.29, 1.82) is 0 Å². The molecule has 1 aromatic heterocycles. The molecule has 0 unspecified atom stereocenters. The molecule has 2 heterocycles. The van der Waals surface area contributed by atoms with Crippen LogP contribution in [0.1, 0.15) is 36.7 Å². The summed E-state index contributed by atoms with van der Waals surface area (Å²) in [6, 6.07) is 13.9. The van der Waals surface area contributed by atoms with Gasteiger partial charge in [0.25, 0.3) is 0 Å². The van der Waals surface area contributed by atoms with Crippen LogP contribution in [0, 0.1) is 5.21 Å². The van der Waals surface area contributed by atoms with Crippen LogP contribution in [0.2, 0.25) is 0 Å². The first-order valence-corrected chi connectivity index (χ1v) is 10.1. The van der Waals surface area contributed by atoms with Crippen molar-refractivity contribution in [3.05, 3.63) is 70.7 Å². The summed E-state index contributed by atoms with van der Waals surface area (Å²) in [7, 11) is 0. The van der Waals surface area contributed by atoms with E-state index in [0.29, 0.717) is 41.7 Å². The zero-order valence-electron chi connectivity index (χ0n) is 16.8. The average molecular weight is 408 g/mol. The molecule has 30 heavy (non-hydrogen) atoms. The van der Waals surface area contributed by atoms with Gasteiger partial charge in [-0.25, -0.2) is 0 Å². The number of nitrogens with one attached hydrogen (secondary N) is 1. The Hall–Kier alpha value is -3.55. The first-order chi connectivity index (χ1) is 14.7. The lowest BCUT2D eigenvalue weighted by molar-refractivity contribution is -0.672. The van der Waals surface area contributed by atoms with Gasteiger partial charge in [0, 0.05) is 12.5 Å². The molecule has 0 fully saturated rings. The molecule has 0 radical (unpaired) electrons. The third kappa shape index (κ3) is 4.53. The van der Waals surface area contributed by atoms with Crippen LogP contribution in [0.5, 0.6) is 17.2 Å². The molecule has 0 spiro atoms. The van der Waals surface area contributed by atoms with Crippen molar-refractivity contribution in [3.8, 4) is 17.2 Å². The van der Waals surface area contributed by atoms with Crippen LogP contribution >= 0.6 is 0 Å². The van der Waals surface area contributed by atoms with Gasteiger partial charge >= 0.3 is 5.82 Å². The minimum Gasteiger partial charge on any atom is -0.721 e. The summed E-state index contributed by atoms with van der Waals surface area (Å²) >= 11 is 0. The van der Waals surface area contributed by atoms with E-state index in [1.165, 1.54) is 5.56 Å². The Kier molecular flexibility index (Phi) is 6.12. The SMILES string of the molecule is CCCc1ccccc1OCCCOc1ccc2c(c1)OC(c1[nH]nn[n+]1[O-])=CC2. The number of aryl methyl sites for hydroxylation is 1. The van der Waals surface area contributed by atoms with E-state index >= 15 is 0 Å². The maximum Gasteiger partial charge on any atom is 0.322 e. The van der Waals surface area contributed by atoms with Crippen LogP contribution in [0.3, 0.4) is 0 Å². The number of aromatic amines is 1. The number of allylic oxidation sites excluding steroid dienone is 1. The van der Waals surface area contributed by atoms with Gasteiger partial charge in [-0.05, 0) is 42.2 Å². The van der Waals surface area contributed by atoms with Crippen LogP contribution in [0.4, 0.5) is 0 Å². The van der Waals surface area contributed by atoms with Gasteiger partial charge in [-0.1, -0.05) is 42.7 Å². The number of tetrazole rings is 1. The van der Waals surface area contributed by atoms with Gasteiger partial charge in [0.1, 0.15) is 22.5 Å². The fraction of sp³-hybridized carbons (Fsp3) is 0.318. The smallest absolute Gasteiger partial charge is 0.322 e. The number of rotatable bonds is 9. The minimum atomic E-state index is 0.174. The van der Waals surface area contributed by atoms with Crippen LogP contribution < -0.4 is 19.1 Å². The molecule has 156 valence electrons. The maximum atomic E-state index is 11.6. The lowest BCUT2D eigenvalue weighted by Crippen LogP contribution is -2.33. The number of nitrogens with zero attached hydrogens (tertiary/aromatic N) is 3. The number of hydrogen-bond acceptors (Lipinski definition) is 6. The molecule has 0 saturated carbocycles. The summed E-state index contributed by atoms with van der Waals surface area (Å²) in [4.78, 5) is 0.399. The van der Waals surface area contributed by atoms with Crippen molar-refractivity contribution >= 4 is 5.76 Å². The number of aromatic nitrogens is 4. The van der Waals surface area contributed by atoms with E-state index in [1.54, 1.807) is 0 Å². The number of fused-ring (bicyclic) bond motifs is 1. The van der Waals surface area contributed by atoms with Gasteiger partial charge in [0.2, 0.25) is 5.76 Å². The molecule has 8 heteroatoms. The van der Waals surface area contributed by atoms with E-state index in [0.717, 1.165) is 30.6 Å². The number of hydrogen-bond donors (Lipinski definition) is 1. The topological polar surface area (TPSA) is 96.2 Å². The summed E-state index contributed by atoms with van der Waals surface area (Å²) in [6.45, 7) is 3.28. The first-order valence-electron chi connectivity index (χ1n) is 10.1. The molecule has 0 atom stereocenters. The fourth-order valence-corrected chi connectivity index (χ4v) is 3.29. The highest BCUT2D eigenvalue weighted by molar-refractivity contribution is 5.59. The van der Waals surface area contributed by atoms with Crippen molar-refractivity contribution in [3.63, 3.8) is 0 Å². The molecule has 0 amide bonds. The molecule has 8 nitrogen and oxygen atoms in total. The van der Waals surface area contributed by atoms with E-state index in [2.05, 4.69) is 28.5 Å². The van der Waals surface area contributed by atoms with Crippen LogP contribution in [0.25, 0.3) is 5.76 Å². The van der Waals surface area contributed by atoms with Crippen molar-refractivity contribution in [2.45, 2.75) is 32.6 Å². The highest BCUT2D eigenvalue weighted by Crippen LogP contribution is 2.32. The average Bonchev–Trinajstić information content (AvgIpc) is 3.20. The zero-order chi connectivity index (χ0) is 20.8. The molecule has 1 N–H and O–H groups in total. The van der Waals surface area contributed by atoms with Crippen molar-refractivity contribution in [1.82, 2.24) is 15.5 Å². The number of benzene rings is 2. The molecular formula is C22H24N4O4. The van der Waals surface area contributed by atoms with Crippen molar-refractivity contribution in [2.75, 3.05) is 13.2 Å². The zero-order valence-corrected chi connectivity index (χ0v) is 16.8. The lowest BCUT2D eigenvalue weighted by atomic mass is 10.1. The van der Waals surface area contributed by atoms with E-state index in [9.17, 15) is 5.21 Å².